The number of para-hydroxylation sites is 2. The maximum atomic E-state index is 4.75. The summed E-state index contributed by atoms with van der Waals surface area (Å²) in [6.45, 7) is 17.0. The molecule has 0 atom stereocenters. The van der Waals surface area contributed by atoms with Crippen molar-refractivity contribution in [1.29, 1.82) is 0 Å². The molecule has 6 aromatic rings. The fraction of sp³-hybridized carbons (Fsp3) is 0.263. The average molecular weight is 678 g/mol. The second-order valence-corrected chi connectivity index (χ2v) is 11.5. The maximum Gasteiger partial charge on any atom is 2.00 e. The fourth-order valence-electron chi connectivity index (χ4n) is 5.19. The minimum atomic E-state index is 0. The van der Waals surface area contributed by atoms with E-state index in [0.29, 0.717) is 12.1 Å². The zero-order chi connectivity index (χ0) is 30.0. The first-order chi connectivity index (χ1) is 20.1. The van der Waals surface area contributed by atoms with E-state index in [1.807, 2.05) is 12.1 Å². The Morgan fingerprint density at radius 2 is 0.844 bits per heavy atom. The van der Waals surface area contributed by atoms with E-state index in [-0.39, 0.29) is 41.1 Å². The molecule has 4 heterocycles. The number of hydrogen-bond donors (Lipinski definition) is 0. The van der Waals surface area contributed by atoms with Gasteiger partial charge in [0.15, 0.2) is 0 Å². The minimum Gasteiger partial charge on any atom is -0.436 e. The van der Waals surface area contributed by atoms with Crippen LogP contribution in [0.1, 0.15) is 62.0 Å². The van der Waals surface area contributed by atoms with Crippen molar-refractivity contribution >= 4 is 45.1 Å². The van der Waals surface area contributed by atoms with Crippen LogP contribution in [0.3, 0.4) is 0 Å². The van der Waals surface area contributed by atoms with Gasteiger partial charge in [0.1, 0.15) is 0 Å². The first kappa shape index (κ1) is 37.5. The molecule has 7 heteroatoms. The molecule has 0 spiro atoms. The molecular formula is C38H46N6Zr-2. The zero-order valence-corrected chi connectivity index (χ0v) is 30.9. The van der Waals surface area contributed by atoms with Crippen molar-refractivity contribution in [2.75, 3.05) is 0 Å². The average Bonchev–Trinajstić information content (AvgIpc) is 3.57. The SMILES string of the molecule is Cc1cccc(C)c1[N-]c1ccc2ccn(C(C)C)c2n1.Cc1cccc(C)c1[N-]c1ccc2ccn(C(C)C)c2n1.[CH3-].[CH3-].[Zr+2]. The third kappa shape index (κ3) is 8.32. The molecule has 234 valence electrons. The van der Waals surface area contributed by atoms with Crippen LogP contribution in [-0.4, -0.2) is 19.1 Å². The summed E-state index contributed by atoms with van der Waals surface area (Å²) in [6.07, 6.45) is 4.18. The Hall–Kier alpha value is -3.70. The van der Waals surface area contributed by atoms with Gasteiger partial charge in [-0.05, 0) is 112 Å². The molecular weight excluding hydrogens is 632 g/mol. The van der Waals surface area contributed by atoms with Gasteiger partial charge in [0.2, 0.25) is 0 Å². The van der Waals surface area contributed by atoms with Crippen LogP contribution in [0.25, 0.3) is 32.7 Å². The van der Waals surface area contributed by atoms with E-state index in [1.165, 1.54) is 22.3 Å². The van der Waals surface area contributed by atoms with Crippen molar-refractivity contribution in [1.82, 2.24) is 19.1 Å². The molecule has 0 N–H and O–H groups in total. The molecule has 2 aromatic carbocycles. The Kier molecular flexibility index (Phi) is 13.4. The predicted molar refractivity (Wildman–Crippen MR) is 190 cm³/mol. The topological polar surface area (TPSA) is 63.8 Å². The van der Waals surface area contributed by atoms with Crippen molar-refractivity contribution in [3.05, 3.63) is 133 Å². The predicted octanol–water partition coefficient (Wildman–Crippen LogP) is 12.0. The number of fused-ring (bicyclic) bond motifs is 2. The van der Waals surface area contributed by atoms with E-state index in [0.717, 1.165) is 45.1 Å². The largest absolute Gasteiger partial charge is 2.00 e. The van der Waals surface area contributed by atoms with Gasteiger partial charge in [-0.25, -0.2) is 0 Å². The molecule has 0 amide bonds. The number of rotatable bonds is 6. The van der Waals surface area contributed by atoms with Crippen LogP contribution in [0.15, 0.2) is 85.2 Å². The Morgan fingerprint density at radius 3 is 1.16 bits per heavy atom. The van der Waals surface area contributed by atoms with Crippen LogP contribution >= 0.6 is 0 Å². The van der Waals surface area contributed by atoms with Crippen LogP contribution in [0.2, 0.25) is 0 Å². The number of pyridine rings is 2. The molecule has 0 aliphatic heterocycles. The van der Waals surface area contributed by atoms with Gasteiger partial charge in [0.25, 0.3) is 0 Å². The number of benzene rings is 2. The van der Waals surface area contributed by atoms with Gasteiger partial charge in [0, 0.05) is 35.8 Å². The van der Waals surface area contributed by atoms with E-state index in [9.17, 15) is 0 Å². The molecule has 0 fully saturated rings. The summed E-state index contributed by atoms with van der Waals surface area (Å²) >= 11 is 0. The molecule has 0 saturated heterocycles. The maximum absolute atomic E-state index is 4.75. The van der Waals surface area contributed by atoms with Gasteiger partial charge in [-0.1, -0.05) is 72.3 Å². The minimum absolute atomic E-state index is 0. The summed E-state index contributed by atoms with van der Waals surface area (Å²) < 4.78 is 4.36. The second kappa shape index (κ2) is 16.0. The van der Waals surface area contributed by atoms with E-state index < -0.39 is 0 Å². The molecule has 4 aromatic heterocycles. The first-order valence-electron chi connectivity index (χ1n) is 14.6. The zero-order valence-electron chi connectivity index (χ0n) is 28.4. The molecule has 0 radical (unpaired) electrons. The Labute approximate surface area is 289 Å². The van der Waals surface area contributed by atoms with Crippen molar-refractivity contribution in [2.24, 2.45) is 0 Å². The normalized spacial score (nSPS) is 10.5. The number of hydrogen-bond acceptors (Lipinski definition) is 2. The standard InChI is InChI=1S/2C18H20N3.2CH3.Zr/c2*1-12(2)21-11-10-15-8-9-16(20-18(15)21)19-17-13(3)6-5-7-14(17)4;;;/h2*5-12H,1-4H3;2*1H3;/q4*-1;+2. The summed E-state index contributed by atoms with van der Waals surface area (Å²) in [5.41, 5.74) is 8.74. The van der Waals surface area contributed by atoms with Gasteiger partial charge < -0.3 is 44.6 Å². The number of aromatic nitrogens is 4. The van der Waals surface area contributed by atoms with Crippen LogP contribution in [-0.2, 0) is 26.2 Å². The van der Waals surface area contributed by atoms with Crippen molar-refractivity contribution in [3.63, 3.8) is 0 Å². The molecule has 0 aliphatic rings. The molecule has 0 saturated carbocycles. The van der Waals surface area contributed by atoms with E-state index in [1.54, 1.807) is 0 Å². The van der Waals surface area contributed by atoms with Crippen LogP contribution in [0, 0.1) is 42.5 Å². The van der Waals surface area contributed by atoms with Crippen molar-refractivity contribution in [3.8, 4) is 0 Å². The van der Waals surface area contributed by atoms with Gasteiger partial charge in [-0.3, -0.25) is 0 Å². The third-order valence-corrected chi connectivity index (χ3v) is 7.54. The fourth-order valence-corrected chi connectivity index (χ4v) is 5.19. The molecule has 6 nitrogen and oxygen atoms in total. The van der Waals surface area contributed by atoms with E-state index >= 15 is 0 Å². The summed E-state index contributed by atoms with van der Waals surface area (Å²) in [4.78, 5) is 9.46. The van der Waals surface area contributed by atoms with Crippen LogP contribution < -0.4 is 0 Å². The van der Waals surface area contributed by atoms with Gasteiger partial charge in [-0.2, -0.15) is 0 Å². The Bertz CT molecular complexity index is 1670. The number of nitrogens with zero attached hydrogens (tertiary/aromatic N) is 6. The second-order valence-electron chi connectivity index (χ2n) is 11.5. The monoisotopic (exact) mass is 676 g/mol. The molecule has 0 bridgehead atoms. The summed E-state index contributed by atoms with van der Waals surface area (Å²) in [6, 6.07) is 25.6. The number of aryl methyl sites for hydroxylation is 4. The third-order valence-electron chi connectivity index (χ3n) is 7.54. The van der Waals surface area contributed by atoms with E-state index in [2.05, 4.69) is 138 Å². The molecule has 0 unspecified atom stereocenters. The Balaban J connectivity index is 0.000000294. The van der Waals surface area contributed by atoms with E-state index in [4.69, 9.17) is 20.6 Å². The summed E-state index contributed by atoms with van der Waals surface area (Å²) in [5, 5.41) is 11.8. The van der Waals surface area contributed by atoms with Crippen molar-refractivity contribution in [2.45, 2.75) is 67.5 Å². The van der Waals surface area contributed by atoms with Crippen LogP contribution in [0.4, 0.5) is 23.0 Å². The quantitative estimate of drug-likeness (QED) is 0.165. The van der Waals surface area contributed by atoms with Gasteiger partial charge in [0.05, 0.1) is 0 Å². The summed E-state index contributed by atoms with van der Waals surface area (Å²) in [5.74, 6) is 1.53. The smallest absolute Gasteiger partial charge is 0.436 e. The Morgan fingerprint density at radius 1 is 0.511 bits per heavy atom. The molecule has 45 heavy (non-hydrogen) atoms. The van der Waals surface area contributed by atoms with Crippen molar-refractivity contribution < 1.29 is 26.2 Å². The van der Waals surface area contributed by atoms with Gasteiger partial charge >= 0.3 is 26.2 Å². The molecule has 0 aliphatic carbocycles. The summed E-state index contributed by atoms with van der Waals surface area (Å²) in [7, 11) is 0. The van der Waals surface area contributed by atoms with Crippen LogP contribution in [0.5, 0.6) is 0 Å². The first-order valence-corrected chi connectivity index (χ1v) is 14.6. The van der Waals surface area contributed by atoms with Gasteiger partial charge in [-0.15, -0.1) is 0 Å². The molecule has 6 rings (SSSR count).